The minimum absolute atomic E-state index is 0.178. The number of benzene rings is 2. The summed E-state index contributed by atoms with van der Waals surface area (Å²) in [5.74, 6) is -0.428. The van der Waals surface area contributed by atoms with Gasteiger partial charge in [-0.25, -0.2) is 4.79 Å². The molecule has 108 valence electrons. The lowest BCUT2D eigenvalue weighted by Gasteiger charge is -2.11. The van der Waals surface area contributed by atoms with Gasteiger partial charge in [0.25, 0.3) is 0 Å². The Hall–Kier alpha value is -3.31. The van der Waals surface area contributed by atoms with Crippen molar-refractivity contribution in [3.05, 3.63) is 52.6 Å². The number of methoxy groups -OCH3 is 1. The highest BCUT2D eigenvalue weighted by Crippen LogP contribution is 2.32. The Morgan fingerprint density at radius 1 is 1.14 bits per heavy atom. The summed E-state index contributed by atoms with van der Waals surface area (Å²) in [6.07, 6.45) is 0. The van der Waals surface area contributed by atoms with Crippen LogP contribution >= 0.6 is 0 Å². The highest BCUT2D eigenvalue weighted by molar-refractivity contribution is 5.90. The third-order valence-electron chi connectivity index (χ3n) is 3.40. The fraction of sp³-hybridized carbons (Fsp3) is 0.118. The zero-order valence-corrected chi connectivity index (χ0v) is 12.2. The van der Waals surface area contributed by atoms with Gasteiger partial charge in [0.1, 0.15) is 12.1 Å². The molecule has 0 spiro atoms. The maximum absolute atomic E-state index is 11.4. The van der Waals surface area contributed by atoms with E-state index in [1.807, 2.05) is 12.1 Å². The SMILES string of the molecule is COC(=O)c1ccc(-c2cc(C)c(C#N)c(N)c2C#N)cc1. The summed E-state index contributed by atoms with van der Waals surface area (Å²) in [6.45, 7) is 1.77. The van der Waals surface area contributed by atoms with Crippen LogP contribution < -0.4 is 5.73 Å². The number of hydrogen-bond acceptors (Lipinski definition) is 5. The largest absolute Gasteiger partial charge is 0.465 e. The van der Waals surface area contributed by atoms with Crippen LogP contribution in [0.4, 0.5) is 5.69 Å². The van der Waals surface area contributed by atoms with E-state index in [9.17, 15) is 10.1 Å². The summed E-state index contributed by atoms with van der Waals surface area (Å²) in [4.78, 5) is 11.4. The van der Waals surface area contributed by atoms with Crippen LogP contribution in [0.25, 0.3) is 11.1 Å². The molecule has 0 aromatic heterocycles. The second-order valence-corrected chi connectivity index (χ2v) is 4.70. The molecule has 0 amide bonds. The van der Waals surface area contributed by atoms with Crippen LogP contribution in [-0.2, 0) is 4.74 Å². The van der Waals surface area contributed by atoms with E-state index in [1.165, 1.54) is 7.11 Å². The summed E-state index contributed by atoms with van der Waals surface area (Å²) in [5.41, 5.74) is 9.16. The van der Waals surface area contributed by atoms with Crippen molar-refractivity contribution in [3.8, 4) is 23.3 Å². The highest BCUT2D eigenvalue weighted by atomic mass is 16.5. The van der Waals surface area contributed by atoms with E-state index in [0.29, 0.717) is 22.3 Å². The van der Waals surface area contributed by atoms with Crippen LogP contribution in [-0.4, -0.2) is 13.1 Å². The zero-order chi connectivity index (χ0) is 16.3. The summed E-state index contributed by atoms with van der Waals surface area (Å²) in [5, 5.41) is 18.5. The van der Waals surface area contributed by atoms with Crippen LogP contribution in [0.2, 0.25) is 0 Å². The normalized spacial score (nSPS) is 9.64. The van der Waals surface area contributed by atoms with Crippen molar-refractivity contribution >= 4 is 11.7 Å². The number of nitriles is 2. The monoisotopic (exact) mass is 291 g/mol. The Morgan fingerprint density at radius 2 is 1.73 bits per heavy atom. The van der Waals surface area contributed by atoms with E-state index < -0.39 is 5.97 Å². The second kappa shape index (κ2) is 5.99. The van der Waals surface area contributed by atoms with Gasteiger partial charge in [-0.15, -0.1) is 0 Å². The summed E-state index contributed by atoms with van der Waals surface area (Å²) in [6, 6.07) is 12.5. The minimum atomic E-state index is -0.428. The van der Waals surface area contributed by atoms with E-state index in [1.54, 1.807) is 37.3 Å². The molecule has 5 heteroatoms. The molecule has 0 bridgehead atoms. The van der Waals surface area contributed by atoms with Gasteiger partial charge in [-0.05, 0) is 36.2 Å². The third-order valence-corrected chi connectivity index (χ3v) is 3.40. The first kappa shape index (κ1) is 15.1. The standard InChI is InChI=1S/C17H13N3O2/c1-10-7-13(15(9-19)16(20)14(10)8-18)11-3-5-12(6-4-11)17(21)22-2/h3-7H,20H2,1-2H3. The number of nitrogens with two attached hydrogens (primary N) is 1. The van der Waals surface area contributed by atoms with E-state index in [-0.39, 0.29) is 11.3 Å². The van der Waals surface area contributed by atoms with Gasteiger partial charge in [0.15, 0.2) is 0 Å². The molecule has 2 aromatic carbocycles. The molecule has 0 aliphatic carbocycles. The summed E-state index contributed by atoms with van der Waals surface area (Å²) >= 11 is 0. The summed E-state index contributed by atoms with van der Waals surface area (Å²) in [7, 11) is 1.31. The fourth-order valence-corrected chi connectivity index (χ4v) is 2.24. The first-order valence-electron chi connectivity index (χ1n) is 6.45. The van der Waals surface area contributed by atoms with Crippen LogP contribution in [0.15, 0.2) is 30.3 Å². The van der Waals surface area contributed by atoms with Gasteiger partial charge < -0.3 is 10.5 Å². The zero-order valence-electron chi connectivity index (χ0n) is 12.2. The number of anilines is 1. The van der Waals surface area contributed by atoms with Crippen molar-refractivity contribution in [2.24, 2.45) is 0 Å². The van der Waals surface area contributed by atoms with Crippen LogP contribution in [0.5, 0.6) is 0 Å². The molecule has 0 heterocycles. The van der Waals surface area contributed by atoms with Crippen LogP contribution in [0, 0.1) is 29.6 Å². The number of rotatable bonds is 2. The molecule has 0 fully saturated rings. The van der Waals surface area contributed by atoms with Gasteiger partial charge in [0, 0.05) is 5.56 Å². The number of ether oxygens (including phenoxy) is 1. The average Bonchev–Trinajstić information content (AvgIpc) is 2.54. The predicted molar refractivity (Wildman–Crippen MR) is 81.8 cm³/mol. The molecule has 0 aliphatic rings. The minimum Gasteiger partial charge on any atom is -0.465 e. The van der Waals surface area contributed by atoms with Gasteiger partial charge in [-0.2, -0.15) is 10.5 Å². The van der Waals surface area contributed by atoms with Crippen LogP contribution in [0.3, 0.4) is 0 Å². The smallest absolute Gasteiger partial charge is 0.337 e. The van der Waals surface area contributed by atoms with Crippen molar-refractivity contribution in [2.75, 3.05) is 12.8 Å². The molecule has 2 N–H and O–H groups in total. The molecule has 22 heavy (non-hydrogen) atoms. The topological polar surface area (TPSA) is 99.9 Å². The van der Waals surface area contributed by atoms with Crippen molar-refractivity contribution in [1.82, 2.24) is 0 Å². The number of carbonyl (C=O) groups is 1. The number of nitrogens with zero attached hydrogens (tertiary/aromatic N) is 2. The predicted octanol–water partition coefficient (Wildman–Crippen LogP) is 2.77. The Labute approximate surface area is 128 Å². The van der Waals surface area contributed by atoms with E-state index in [0.717, 1.165) is 5.56 Å². The first-order valence-corrected chi connectivity index (χ1v) is 6.45. The van der Waals surface area contributed by atoms with Gasteiger partial charge in [0.05, 0.1) is 29.5 Å². The number of esters is 1. The molecule has 0 atom stereocenters. The molecule has 0 radical (unpaired) electrons. The fourth-order valence-electron chi connectivity index (χ4n) is 2.24. The lowest BCUT2D eigenvalue weighted by atomic mass is 9.93. The van der Waals surface area contributed by atoms with Crippen molar-refractivity contribution in [3.63, 3.8) is 0 Å². The first-order chi connectivity index (χ1) is 10.5. The van der Waals surface area contributed by atoms with Gasteiger partial charge in [-0.1, -0.05) is 12.1 Å². The molecular formula is C17H13N3O2. The van der Waals surface area contributed by atoms with E-state index in [4.69, 9.17) is 11.0 Å². The number of hydrogen-bond donors (Lipinski definition) is 1. The highest BCUT2D eigenvalue weighted by Gasteiger charge is 2.15. The second-order valence-electron chi connectivity index (χ2n) is 4.70. The number of carbonyl (C=O) groups excluding carboxylic acids is 1. The average molecular weight is 291 g/mol. The maximum Gasteiger partial charge on any atom is 0.337 e. The van der Waals surface area contributed by atoms with Gasteiger partial charge >= 0.3 is 5.97 Å². The lowest BCUT2D eigenvalue weighted by Crippen LogP contribution is -2.02. The summed E-state index contributed by atoms with van der Waals surface area (Å²) < 4.78 is 4.65. The Kier molecular flexibility index (Phi) is 4.11. The van der Waals surface area contributed by atoms with Crippen LogP contribution in [0.1, 0.15) is 27.0 Å². The molecule has 0 saturated heterocycles. The van der Waals surface area contributed by atoms with Crippen molar-refractivity contribution in [2.45, 2.75) is 6.92 Å². The van der Waals surface area contributed by atoms with Gasteiger partial charge in [-0.3, -0.25) is 0 Å². The van der Waals surface area contributed by atoms with E-state index >= 15 is 0 Å². The quantitative estimate of drug-likeness (QED) is 0.677. The van der Waals surface area contributed by atoms with Gasteiger partial charge in [0.2, 0.25) is 0 Å². The van der Waals surface area contributed by atoms with Crippen molar-refractivity contribution < 1.29 is 9.53 Å². The number of aryl methyl sites for hydroxylation is 1. The molecule has 0 aliphatic heterocycles. The Bertz CT molecular complexity index is 825. The molecular weight excluding hydrogens is 278 g/mol. The van der Waals surface area contributed by atoms with E-state index in [2.05, 4.69) is 4.74 Å². The maximum atomic E-state index is 11.4. The molecule has 2 aromatic rings. The third kappa shape index (κ3) is 2.48. The Morgan fingerprint density at radius 3 is 2.23 bits per heavy atom. The number of nitrogen functional groups attached to an aromatic ring is 1. The van der Waals surface area contributed by atoms with Crippen molar-refractivity contribution in [1.29, 1.82) is 10.5 Å². The molecule has 0 saturated carbocycles. The molecule has 2 rings (SSSR count). The Balaban J connectivity index is 2.61. The lowest BCUT2D eigenvalue weighted by molar-refractivity contribution is 0.0601. The molecule has 0 unspecified atom stereocenters. The molecule has 5 nitrogen and oxygen atoms in total.